The Balaban J connectivity index is 1.30. The van der Waals surface area contributed by atoms with Crippen molar-refractivity contribution in [2.75, 3.05) is 56.9 Å². The van der Waals surface area contributed by atoms with Crippen LogP contribution in [0.5, 0.6) is 0 Å². The fourth-order valence-electron chi connectivity index (χ4n) is 5.95. The van der Waals surface area contributed by atoms with Gasteiger partial charge in [0, 0.05) is 62.0 Å². The summed E-state index contributed by atoms with van der Waals surface area (Å²) in [6, 6.07) is 9.76. The molecule has 3 N–H and O–H groups in total. The lowest BCUT2D eigenvalue weighted by molar-refractivity contribution is -0.115. The molecule has 0 radical (unpaired) electrons. The normalized spacial score (nSPS) is 20.5. The number of anilines is 3. The molecule has 2 aliphatic heterocycles. The SMILES string of the molecule is C=CC(=O)NC1=CC(N2CCC(N3CCN(C)CC3)CC2)=CCC1Nc1ncc(C#N)c(Nc2ccccc2S(=O)C(C)C)n1. The van der Waals surface area contributed by atoms with Gasteiger partial charge in [-0.1, -0.05) is 38.6 Å². The van der Waals surface area contributed by atoms with Gasteiger partial charge in [0.2, 0.25) is 11.9 Å². The molecule has 1 amide bonds. The van der Waals surface area contributed by atoms with Gasteiger partial charge >= 0.3 is 0 Å². The van der Waals surface area contributed by atoms with Crippen LogP contribution in [0.25, 0.3) is 0 Å². The molecule has 2 saturated heterocycles. The first-order valence-electron chi connectivity index (χ1n) is 15.6. The maximum atomic E-state index is 12.9. The summed E-state index contributed by atoms with van der Waals surface area (Å²) in [5.41, 5.74) is 2.68. The number of nitrogens with one attached hydrogen (secondary N) is 3. The van der Waals surface area contributed by atoms with Crippen molar-refractivity contribution in [2.45, 2.75) is 55.3 Å². The van der Waals surface area contributed by atoms with Crippen molar-refractivity contribution in [1.82, 2.24) is 30.0 Å². The number of benzene rings is 1. The van der Waals surface area contributed by atoms with Gasteiger partial charge in [0.15, 0.2) is 5.82 Å². The summed E-state index contributed by atoms with van der Waals surface area (Å²) in [5.74, 6) is 0.313. The molecule has 2 atom stereocenters. The number of hydrogen-bond acceptors (Lipinski definition) is 10. The molecule has 0 bridgehead atoms. The molecule has 5 rings (SSSR count). The van der Waals surface area contributed by atoms with E-state index in [4.69, 9.17) is 0 Å². The van der Waals surface area contributed by atoms with E-state index in [0.29, 0.717) is 40.5 Å². The Labute approximate surface area is 268 Å². The van der Waals surface area contributed by atoms with Gasteiger partial charge < -0.3 is 25.8 Å². The number of aromatic nitrogens is 2. The predicted octanol–water partition coefficient (Wildman–Crippen LogP) is 3.57. The molecule has 45 heavy (non-hydrogen) atoms. The second-order valence-electron chi connectivity index (χ2n) is 11.9. The van der Waals surface area contributed by atoms with Crippen LogP contribution in [-0.4, -0.2) is 98.4 Å². The van der Waals surface area contributed by atoms with Crippen LogP contribution in [0.1, 0.15) is 38.7 Å². The average molecular weight is 630 g/mol. The minimum Gasteiger partial charge on any atom is -0.372 e. The molecular weight excluding hydrogens is 586 g/mol. The average Bonchev–Trinajstić information content (AvgIpc) is 3.06. The molecule has 3 aliphatic rings. The van der Waals surface area contributed by atoms with E-state index in [2.05, 4.69) is 66.4 Å². The number of piperazine rings is 1. The van der Waals surface area contributed by atoms with Crippen molar-refractivity contribution in [3.05, 3.63) is 72.2 Å². The van der Waals surface area contributed by atoms with E-state index in [1.807, 2.05) is 44.2 Å². The van der Waals surface area contributed by atoms with Gasteiger partial charge in [0.05, 0.1) is 33.6 Å². The molecular formula is C33H43N9O2S. The van der Waals surface area contributed by atoms with Gasteiger partial charge in [-0.15, -0.1) is 0 Å². The van der Waals surface area contributed by atoms with Crippen molar-refractivity contribution in [2.24, 2.45) is 0 Å². The largest absolute Gasteiger partial charge is 0.372 e. The fourth-order valence-corrected chi connectivity index (χ4v) is 7.00. The van der Waals surface area contributed by atoms with E-state index in [1.165, 1.54) is 12.3 Å². The molecule has 2 unspecified atom stereocenters. The molecule has 0 saturated carbocycles. The summed E-state index contributed by atoms with van der Waals surface area (Å²) < 4.78 is 12.9. The van der Waals surface area contributed by atoms with E-state index >= 15 is 0 Å². The number of carbonyl (C=O) groups excluding carboxylic acids is 1. The highest BCUT2D eigenvalue weighted by molar-refractivity contribution is 7.85. The molecule has 3 heterocycles. The standard InChI is InChI=1S/C33H43N9O2S/c1-5-31(43)36-29-20-26(41-14-12-25(13-15-41)42-18-16-40(4)17-19-42)10-11-27(29)38-33-35-22-24(21-34)32(39-33)37-28-8-6-7-9-30(28)45(44)23(2)3/h5-10,20,22-23,25,27H,1,11-19H2,2-4H3,(H,36,43)(H2,35,37,38,39). The number of para-hydroxylation sites is 1. The second kappa shape index (κ2) is 14.8. The van der Waals surface area contributed by atoms with Crippen LogP contribution >= 0.6 is 0 Å². The van der Waals surface area contributed by atoms with Gasteiger partial charge in [0.25, 0.3) is 0 Å². The van der Waals surface area contributed by atoms with Gasteiger partial charge in [-0.25, -0.2) is 4.98 Å². The quantitative estimate of drug-likeness (QED) is 0.336. The lowest BCUT2D eigenvalue weighted by atomic mass is 9.98. The Morgan fingerprint density at radius 2 is 1.89 bits per heavy atom. The van der Waals surface area contributed by atoms with E-state index in [-0.39, 0.29) is 22.8 Å². The Morgan fingerprint density at radius 1 is 1.16 bits per heavy atom. The maximum Gasteiger partial charge on any atom is 0.247 e. The third-order valence-electron chi connectivity index (χ3n) is 8.58. The number of likely N-dealkylation sites (tertiary alicyclic amines) is 1. The number of likely N-dealkylation sites (N-methyl/N-ethyl adjacent to an activating group) is 1. The van der Waals surface area contributed by atoms with Crippen LogP contribution < -0.4 is 16.0 Å². The first-order valence-corrected chi connectivity index (χ1v) is 16.8. The first kappa shape index (κ1) is 32.3. The molecule has 12 heteroatoms. The smallest absolute Gasteiger partial charge is 0.247 e. The van der Waals surface area contributed by atoms with E-state index in [1.54, 1.807) is 0 Å². The van der Waals surface area contributed by atoms with Gasteiger partial charge in [-0.2, -0.15) is 10.2 Å². The summed E-state index contributed by atoms with van der Waals surface area (Å²) in [6.07, 6.45) is 9.79. The van der Waals surface area contributed by atoms with Gasteiger partial charge in [-0.05, 0) is 50.6 Å². The minimum absolute atomic E-state index is 0.0745. The topological polar surface area (TPSA) is 130 Å². The first-order chi connectivity index (χ1) is 21.7. The number of carbonyl (C=O) groups is 1. The number of rotatable bonds is 10. The summed E-state index contributed by atoms with van der Waals surface area (Å²) in [6.45, 7) is 13.9. The number of nitriles is 1. The Hall–Kier alpha value is -4.05. The number of hydrogen-bond donors (Lipinski definition) is 3. The summed E-state index contributed by atoms with van der Waals surface area (Å²) in [5, 5.41) is 19.2. The predicted molar refractivity (Wildman–Crippen MR) is 178 cm³/mol. The van der Waals surface area contributed by atoms with Crippen LogP contribution in [0.3, 0.4) is 0 Å². The highest BCUT2D eigenvalue weighted by Crippen LogP contribution is 2.29. The van der Waals surface area contributed by atoms with Gasteiger partial charge in [-0.3, -0.25) is 13.9 Å². The molecule has 2 aromatic rings. The lowest BCUT2D eigenvalue weighted by Gasteiger charge is -2.43. The number of nitrogens with zero attached hydrogens (tertiary/aromatic N) is 6. The fraction of sp³-hybridized carbons (Fsp3) is 0.455. The lowest BCUT2D eigenvalue weighted by Crippen LogP contribution is -2.52. The number of allylic oxidation sites excluding steroid dienone is 1. The zero-order valence-corrected chi connectivity index (χ0v) is 27.1. The van der Waals surface area contributed by atoms with Crippen LogP contribution in [-0.2, 0) is 15.6 Å². The van der Waals surface area contributed by atoms with Gasteiger partial charge in [0.1, 0.15) is 11.6 Å². The maximum absolute atomic E-state index is 12.9. The molecule has 1 aliphatic carbocycles. The molecule has 0 spiro atoms. The number of piperidine rings is 1. The van der Waals surface area contributed by atoms with E-state index < -0.39 is 10.8 Å². The Bertz CT molecular complexity index is 1520. The van der Waals surface area contributed by atoms with Crippen molar-refractivity contribution in [1.29, 1.82) is 5.26 Å². The van der Waals surface area contributed by atoms with Crippen LogP contribution in [0, 0.1) is 11.3 Å². The molecule has 238 valence electrons. The van der Waals surface area contributed by atoms with Crippen LogP contribution in [0.15, 0.2) is 71.6 Å². The summed E-state index contributed by atoms with van der Waals surface area (Å²) >= 11 is 0. The molecule has 1 aromatic heterocycles. The Kier molecular flexibility index (Phi) is 10.7. The van der Waals surface area contributed by atoms with Crippen molar-refractivity contribution >= 4 is 34.2 Å². The zero-order valence-electron chi connectivity index (χ0n) is 26.3. The highest BCUT2D eigenvalue weighted by atomic mass is 32.2. The van der Waals surface area contributed by atoms with E-state index in [0.717, 1.165) is 57.8 Å². The second-order valence-corrected chi connectivity index (χ2v) is 13.9. The van der Waals surface area contributed by atoms with Crippen LogP contribution in [0.2, 0.25) is 0 Å². The monoisotopic (exact) mass is 629 g/mol. The molecule has 1 aromatic carbocycles. The number of amides is 1. The Morgan fingerprint density at radius 3 is 2.58 bits per heavy atom. The molecule has 11 nitrogen and oxygen atoms in total. The summed E-state index contributed by atoms with van der Waals surface area (Å²) in [4.78, 5) is 29.5. The summed E-state index contributed by atoms with van der Waals surface area (Å²) in [7, 11) is 0.952. The van der Waals surface area contributed by atoms with Crippen molar-refractivity contribution in [3.8, 4) is 6.07 Å². The highest BCUT2D eigenvalue weighted by Gasteiger charge is 2.29. The van der Waals surface area contributed by atoms with Crippen molar-refractivity contribution in [3.63, 3.8) is 0 Å². The minimum atomic E-state index is -1.24. The third kappa shape index (κ3) is 7.97. The van der Waals surface area contributed by atoms with E-state index in [9.17, 15) is 14.3 Å². The zero-order chi connectivity index (χ0) is 31.9. The van der Waals surface area contributed by atoms with Crippen molar-refractivity contribution < 1.29 is 9.00 Å². The molecule has 2 fully saturated rings. The third-order valence-corrected chi connectivity index (χ3v) is 10.2. The van der Waals surface area contributed by atoms with Crippen LogP contribution in [0.4, 0.5) is 17.5 Å².